The van der Waals surface area contributed by atoms with Crippen LogP contribution in [-0.2, 0) is 4.74 Å². The fraction of sp³-hybridized carbons (Fsp3) is 0.889. The van der Waals surface area contributed by atoms with Gasteiger partial charge in [0.2, 0.25) is 0 Å². The van der Waals surface area contributed by atoms with Gasteiger partial charge in [-0.05, 0) is 6.04 Å². The highest BCUT2D eigenvalue weighted by Gasteiger charge is 2.26. The van der Waals surface area contributed by atoms with Crippen LogP contribution in [-0.4, -0.2) is 50.1 Å². The van der Waals surface area contributed by atoms with Gasteiger partial charge in [-0.3, -0.25) is 15.1 Å². The predicted octanol–water partition coefficient (Wildman–Crippen LogP) is 1.25. The van der Waals surface area contributed by atoms with Crippen molar-refractivity contribution < 1.29 is 9.66 Å². The van der Waals surface area contributed by atoms with E-state index in [4.69, 9.17) is 4.74 Å². The summed E-state index contributed by atoms with van der Waals surface area (Å²) in [5.41, 5.74) is 0. The zero-order chi connectivity index (χ0) is 12.2. The lowest BCUT2D eigenvalue weighted by molar-refractivity contribution is -0.500. The molecule has 0 saturated heterocycles. The van der Waals surface area contributed by atoms with Crippen LogP contribution in [0.4, 0.5) is 0 Å². The number of rotatable bonds is 6. The van der Waals surface area contributed by atoms with E-state index >= 15 is 0 Å². The maximum atomic E-state index is 10.5. The third-order valence-corrected chi connectivity index (χ3v) is 4.01. The molecule has 0 aromatic rings. The average Bonchev–Trinajstić information content (AvgIpc) is 2.59. The number of hydrogen-bond acceptors (Lipinski definition) is 5. The summed E-state index contributed by atoms with van der Waals surface area (Å²) in [6, 6.07) is 0.420. The lowest BCUT2D eigenvalue weighted by Gasteiger charge is -2.18. The highest BCUT2D eigenvalue weighted by Crippen LogP contribution is 2.09. The minimum atomic E-state index is -1.06. The molecule has 1 atom stereocenters. The van der Waals surface area contributed by atoms with Crippen molar-refractivity contribution in [3.05, 3.63) is 10.1 Å². The Kier molecular flexibility index (Phi) is 4.42. The van der Waals surface area contributed by atoms with E-state index in [1.807, 2.05) is 0 Å². The van der Waals surface area contributed by atoms with Crippen molar-refractivity contribution in [3.63, 3.8) is 0 Å². The van der Waals surface area contributed by atoms with Crippen LogP contribution in [0.1, 0.15) is 0 Å². The van der Waals surface area contributed by atoms with E-state index in [0.29, 0.717) is 19.9 Å². The Balaban J connectivity index is 2.12. The standard InChI is InChI=1S/C9H19N3O3Si/c1-16(2,3)5-4-15-8-11-7-9(6-10-11)12(13)14/h6,9H,4-5,7-8H2,1-3H3. The fourth-order valence-electron chi connectivity index (χ4n) is 1.24. The normalized spacial score (nSPS) is 20.4. The van der Waals surface area contributed by atoms with Gasteiger partial charge >= 0.3 is 0 Å². The van der Waals surface area contributed by atoms with Crippen LogP contribution in [0.3, 0.4) is 0 Å². The van der Waals surface area contributed by atoms with Crippen molar-refractivity contribution >= 4 is 14.3 Å². The van der Waals surface area contributed by atoms with Gasteiger partial charge in [0.05, 0.1) is 6.21 Å². The molecule has 0 bridgehead atoms. The number of hydrazone groups is 1. The van der Waals surface area contributed by atoms with Crippen LogP contribution in [0.5, 0.6) is 0 Å². The van der Waals surface area contributed by atoms with Gasteiger partial charge in [0, 0.05) is 19.6 Å². The first-order valence-electron chi connectivity index (χ1n) is 5.39. The van der Waals surface area contributed by atoms with Gasteiger partial charge in [-0.1, -0.05) is 19.6 Å². The molecule has 0 saturated carbocycles. The first-order valence-corrected chi connectivity index (χ1v) is 9.09. The van der Waals surface area contributed by atoms with E-state index in [1.54, 1.807) is 5.01 Å². The Bertz CT molecular complexity index is 278. The third-order valence-electron chi connectivity index (χ3n) is 2.31. The molecular weight excluding hydrogens is 226 g/mol. The van der Waals surface area contributed by atoms with Crippen LogP contribution in [0.15, 0.2) is 5.10 Å². The van der Waals surface area contributed by atoms with Crippen LogP contribution < -0.4 is 0 Å². The van der Waals surface area contributed by atoms with Crippen molar-refractivity contribution in [1.82, 2.24) is 5.01 Å². The van der Waals surface area contributed by atoms with Crippen molar-refractivity contribution in [2.75, 3.05) is 19.9 Å². The maximum absolute atomic E-state index is 10.5. The second kappa shape index (κ2) is 5.40. The van der Waals surface area contributed by atoms with Gasteiger partial charge in [-0.2, -0.15) is 5.10 Å². The van der Waals surface area contributed by atoms with E-state index in [9.17, 15) is 10.1 Å². The minimum absolute atomic E-state index is 0.319. The van der Waals surface area contributed by atoms with Crippen LogP contribution in [0.2, 0.25) is 25.7 Å². The molecule has 0 fully saturated rings. The molecule has 0 amide bonds. The average molecular weight is 245 g/mol. The van der Waals surface area contributed by atoms with Crippen molar-refractivity contribution in [1.29, 1.82) is 0 Å². The van der Waals surface area contributed by atoms with Crippen molar-refractivity contribution in [2.24, 2.45) is 5.10 Å². The van der Waals surface area contributed by atoms with Gasteiger partial charge < -0.3 is 4.74 Å². The molecule has 0 radical (unpaired) electrons. The zero-order valence-electron chi connectivity index (χ0n) is 10.0. The third kappa shape index (κ3) is 4.71. The number of ether oxygens (including phenoxy) is 1. The first kappa shape index (κ1) is 13.1. The number of hydrogen-bond donors (Lipinski definition) is 0. The molecule has 0 aromatic carbocycles. The smallest absolute Gasteiger partial charge is 0.268 e. The summed E-state index contributed by atoms with van der Waals surface area (Å²) >= 11 is 0. The molecule has 1 rings (SSSR count). The number of nitrogens with zero attached hydrogens (tertiary/aromatic N) is 3. The number of nitro groups is 1. The lowest BCUT2D eigenvalue weighted by atomic mass is 10.4. The van der Waals surface area contributed by atoms with Gasteiger partial charge in [0.25, 0.3) is 6.04 Å². The van der Waals surface area contributed by atoms with Crippen LogP contribution in [0, 0.1) is 10.1 Å². The summed E-state index contributed by atoms with van der Waals surface area (Å²) in [6.45, 7) is 8.24. The molecule has 0 N–H and O–H groups in total. The Hall–Kier alpha value is -0.953. The SMILES string of the molecule is C[Si](C)(C)CCOCN1CC([N+](=O)[O-])C=N1. The summed E-state index contributed by atoms with van der Waals surface area (Å²) in [5, 5.41) is 16.0. The second-order valence-electron chi connectivity index (χ2n) is 5.15. The van der Waals surface area contributed by atoms with E-state index in [-0.39, 0.29) is 4.92 Å². The Morgan fingerprint density at radius 1 is 1.62 bits per heavy atom. The molecule has 1 heterocycles. The summed E-state index contributed by atoms with van der Waals surface area (Å²) in [7, 11) is -1.06. The second-order valence-corrected chi connectivity index (χ2v) is 10.8. The first-order chi connectivity index (χ1) is 7.38. The van der Waals surface area contributed by atoms with E-state index in [1.165, 1.54) is 6.21 Å². The molecule has 1 aliphatic heterocycles. The highest BCUT2D eigenvalue weighted by molar-refractivity contribution is 6.76. The van der Waals surface area contributed by atoms with E-state index < -0.39 is 14.1 Å². The van der Waals surface area contributed by atoms with E-state index in [0.717, 1.165) is 6.04 Å². The van der Waals surface area contributed by atoms with Gasteiger partial charge in [-0.25, -0.2) is 0 Å². The largest absolute Gasteiger partial charge is 0.360 e. The quantitative estimate of drug-likeness (QED) is 0.306. The minimum Gasteiger partial charge on any atom is -0.360 e. The molecule has 16 heavy (non-hydrogen) atoms. The molecule has 0 aromatic heterocycles. The van der Waals surface area contributed by atoms with Crippen molar-refractivity contribution in [2.45, 2.75) is 31.7 Å². The Morgan fingerprint density at radius 3 is 2.81 bits per heavy atom. The van der Waals surface area contributed by atoms with Gasteiger partial charge in [-0.15, -0.1) is 0 Å². The molecule has 6 nitrogen and oxygen atoms in total. The van der Waals surface area contributed by atoms with Crippen LogP contribution in [0.25, 0.3) is 0 Å². The summed E-state index contributed by atoms with van der Waals surface area (Å²) in [5.74, 6) is 0. The zero-order valence-corrected chi connectivity index (χ0v) is 11.0. The van der Waals surface area contributed by atoms with Crippen LogP contribution >= 0.6 is 0 Å². The maximum Gasteiger partial charge on any atom is 0.268 e. The highest BCUT2D eigenvalue weighted by atomic mass is 28.3. The van der Waals surface area contributed by atoms with Crippen molar-refractivity contribution in [3.8, 4) is 0 Å². The molecule has 0 spiro atoms. The molecule has 7 heteroatoms. The molecule has 92 valence electrons. The van der Waals surface area contributed by atoms with Gasteiger partial charge in [0.1, 0.15) is 13.3 Å². The van der Waals surface area contributed by atoms with Gasteiger partial charge in [0.15, 0.2) is 0 Å². The molecule has 1 aliphatic rings. The topological polar surface area (TPSA) is 68.0 Å². The monoisotopic (exact) mass is 245 g/mol. The fourth-order valence-corrected chi connectivity index (χ4v) is 1.99. The molecule has 0 aliphatic carbocycles. The Morgan fingerprint density at radius 2 is 2.31 bits per heavy atom. The molecular formula is C9H19N3O3Si. The lowest BCUT2D eigenvalue weighted by Crippen LogP contribution is -2.30. The predicted molar refractivity (Wildman–Crippen MR) is 65.0 cm³/mol. The summed E-state index contributed by atoms with van der Waals surface area (Å²) in [4.78, 5) is 10.1. The van der Waals surface area contributed by atoms with E-state index in [2.05, 4.69) is 24.7 Å². The summed E-state index contributed by atoms with van der Waals surface area (Å²) in [6.07, 6.45) is 1.36. The molecule has 1 unspecified atom stereocenters. The summed E-state index contributed by atoms with van der Waals surface area (Å²) < 4.78 is 5.45. The Labute approximate surface area is 96.4 Å².